The number of fused-ring (bicyclic) bond motifs is 3. The molecular formula is C32H36N4O7. The molecule has 1 saturated carbocycles. The summed E-state index contributed by atoms with van der Waals surface area (Å²) in [6, 6.07) is 9.53. The molecule has 2 aromatic carbocycles. The molecule has 0 aliphatic heterocycles. The van der Waals surface area contributed by atoms with Gasteiger partial charge in [0.05, 0.1) is 23.5 Å². The first-order chi connectivity index (χ1) is 20.1. The van der Waals surface area contributed by atoms with Gasteiger partial charge in [-0.2, -0.15) is 0 Å². The number of nitrogens with zero attached hydrogens (tertiary/aromatic N) is 2. The van der Waals surface area contributed by atoms with Gasteiger partial charge in [-0.3, -0.25) is 24.3 Å². The quantitative estimate of drug-likeness (QED) is 0.174. The Morgan fingerprint density at radius 3 is 2.33 bits per heavy atom. The first-order valence-corrected chi connectivity index (χ1v) is 14.0. The van der Waals surface area contributed by atoms with Gasteiger partial charge >= 0.3 is 0 Å². The zero-order chi connectivity index (χ0) is 31.6. The summed E-state index contributed by atoms with van der Waals surface area (Å²) in [5.74, 6) is -6.77. The molecule has 5 rings (SSSR count). The van der Waals surface area contributed by atoms with Crippen LogP contribution in [0.2, 0.25) is 0 Å². The zero-order valence-electron chi connectivity index (χ0n) is 24.7. The van der Waals surface area contributed by atoms with Gasteiger partial charge in [0.1, 0.15) is 22.8 Å². The number of aliphatic imine (C=N–C) groups is 1. The van der Waals surface area contributed by atoms with Gasteiger partial charge in [0.2, 0.25) is 5.78 Å². The molecule has 1 fully saturated rings. The second kappa shape index (κ2) is 10.4. The van der Waals surface area contributed by atoms with Crippen LogP contribution in [0.15, 0.2) is 58.3 Å². The van der Waals surface area contributed by atoms with E-state index in [-0.39, 0.29) is 35.3 Å². The largest absolute Gasteiger partial charge is 0.508 e. The van der Waals surface area contributed by atoms with Gasteiger partial charge in [-0.05, 0) is 88.5 Å². The number of amides is 1. The molecule has 0 bridgehead atoms. The first kappa shape index (κ1) is 30.0. The lowest BCUT2D eigenvalue weighted by molar-refractivity contribution is -0.153. The molecule has 3 aliphatic carbocycles. The Morgan fingerprint density at radius 1 is 1.09 bits per heavy atom. The zero-order valence-corrected chi connectivity index (χ0v) is 24.7. The summed E-state index contributed by atoms with van der Waals surface area (Å²) in [5, 5.41) is 48.2. The summed E-state index contributed by atoms with van der Waals surface area (Å²) in [7, 11) is 3.13. The number of rotatable bonds is 5. The molecule has 11 heteroatoms. The highest BCUT2D eigenvalue weighted by Gasteiger charge is 2.64. The normalized spacial score (nSPS) is 25.6. The highest BCUT2D eigenvalue weighted by molar-refractivity contribution is 6.24. The molecule has 7 N–H and O–H groups in total. The summed E-state index contributed by atoms with van der Waals surface area (Å²) < 4.78 is 0. The highest BCUT2D eigenvalue weighted by Crippen LogP contribution is 2.53. The van der Waals surface area contributed by atoms with Crippen LogP contribution in [0.3, 0.4) is 0 Å². The number of aliphatic hydroxyl groups is 3. The fourth-order valence-electron chi connectivity index (χ4n) is 6.56. The average molecular weight is 589 g/mol. The molecule has 0 saturated heterocycles. The molecule has 0 spiro atoms. The minimum Gasteiger partial charge on any atom is -0.508 e. The van der Waals surface area contributed by atoms with Gasteiger partial charge in [0.15, 0.2) is 11.4 Å². The van der Waals surface area contributed by atoms with Crippen molar-refractivity contribution in [3.05, 3.63) is 64.4 Å². The fraction of sp³-hybridized carbons (Fsp3) is 0.375. The van der Waals surface area contributed by atoms with Crippen molar-refractivity contribution < 1.29 is 34.8 Å². The summed E-state index contributed by atoms with van der Waals surface area (Å²) in [6.07, 6.45) is 1.87. The van der Waals surface area contributed by atoms with E-state index in [1.165, 1.54) is 11.0 Å². The van der Waals surface area contributed by atoms with Gasteiger partial charge in [-0.25, -0.2) is 0 Å². The lowest BCUT2D eigenvalue weighted by atomic mass is 9.57. The Bertz CT molecular complexity index is 1630. The molecule has 2 aromatic rings. The Morgan fingerprint density at radius 2 is 1.74 bits per heavy atom. The Kier molecular flexibility index (Phi) is 7.22. The van der Waals surface area contributed by atoms with Crippen molar-refractivity contribution in [3.8, 4) is 16.9 Å². The van der Waals surface area contributed by atoms with Gasteiger partial charge in [0.25, 0.3) is 5.91 Å². The number of hydrogen-bond donors (Lipinski definition) is 6. The van der Waals surface area contributed by atoms with E-state index >= 15 is 0 Å². The van der Waals surface area contributed by atoms with Gasteiger partial charge in [0, 0.05) is 17.2 Å². The number of aromatic hydroxyl groups is 1. The van der Waals surface area contributed by atoms with Crippen molar-refractivity contribution in [2.75, 3.05) is 19.4 Å². The SMILES string of the molecule is CN(C)[C@H]1C(=O)C(C(N)=O)=C(O)[C@@]2(O)C(=O)C3=C(O)c4c(O)ccc(-c5ccc(NC=NC(C)(C)C)cc5)c4C[C@H]3C[C@H]12. The fourth-order valence-corrected chi connectivity index (χ4v) is 6.56. The lowest BCUT2D eigenvalue weighted by Gasteiger charge is -2.50. The van der Waals surface area contributed by atoms with Crippen molar-refractivity contribution in [3.63, 3.8) is 0 Å². The first-order valence-electron chi connectivity index (χ1n) is 14.0. The number of benzene rings is 2. The van der Waals surface area contributed by atoms with Crippen LogP contribution in [-0.2, 0) is 20.8 Å². The van der Waals surface area contributed by atoms with Crippen LogP contribution in [-0.4, -0.2) is 80.4 Å². The molecule has 226 valence electrons. The third kappa shape index (κ3) is 4.78. The maximum atomic E-state index is 14.0. The summed E-state index contributed by atoms with van der Waals surface area (Å²) in [4.78, 5) is 45.3. The number of primary amides is 1. The Labute approximate surface area is 249 Å². The Hall–Kier alpha value is -4.48. The average Bonchev–Trinajstić information content (AvgIpc) is 2.90. The third-order valence-corrected chi connectivity index (χ3v) is 8.48. The number of phenols is 1. The van der Waals surface area contributed by atoms with Crippen LogP contribution in [0, 0.1) is 11.8 Å². The molecule has 0 unspecified atom stereocenters. The molecule has 4 atom stereocenters. The molecule has 0 radical (unpaired) electrons. The number of Topliss-reactive ketones (excluding diaryl/α,β-unsaturated/α-hetero) is 2. The third-order valence-electron chi connectivity index (χ3n) is 8.48. The number of phenolic OH excluding ortho intramolecular Hbond substituents is 1. The molecule has 11 nitrogen and oxygen atoms in total. The van der Waals surface area contributed by atoms with E-state index in [1.807, 2.05) is 45.0 Å². The standard InChI is InChI=1S/C32H36N4O7/c1-31(2,3)35-14-34-17-8-6-15(7-9-17)18-10-11-21(37)23-19(18)12-16-13-20-25(36(4)5)27(39)24(30(33)42)29(41)32(20,43)28(40)22(16)26(23)38/h6-11,14,16,20,25,37-38,41,43H,12-13H2,1-5H3,(H2,33,42)(H,34,35)/t16-,20+,25+,32-/m0/s1. The van der Waals surface area contributed by atoms with E-state index < -0.39 is 58.0 Å². The minimum atomic E-state index is -2.67. The Balaban J connectivity index is 1.60. The van der Waals surface area contributed by atoms with Crippen LogP contribution < -0.4 is 11.1 Å². The summed E-state index contributed by atoms with van der Waals surface area (Å²) >= 11 is 0. The minimum absolute atomic E-state index is 0.0246. The predicted octanol–water partition coefficient (Wildman–Crippen LogP) is 2.87. The van der Waals surface area contributed by atoms with E-state index in [4.69, 9.17) is 5.73 Å². The summed E-state index contributed by atoms with van der Waals surface area (Å²) in [5.41, 5.74) is 4.45. The van der Waals surface area contributed by atoms with E-state index in [9.17, 15) is 34.8 Å². The number of aliphatic hydroxyl groups excluding tert-OH is 2. The van der Waals surface area contributed by atoms with Crippen LogP contribution in [0.25, 0.3) is 16.9 Å². The number of carbonyl (C=O) groups is 3. The van der Waals surface area contributed by atoms with Crippen molar-refractivity contribution in [1.82, 2.24) is 4.90 Å². The van der Waals surface area contributed by atoms with Crippen LogP contribution in [0.1, 0.15) is 38.3 Å². The van der Waals surface area contributed by atoms with Gasteiger partial charge < -0.3 is 31.5 Å². The highest BCUT2D eigenvalue weighted by atomic mass is 16.3. The number of ketones is 2. The number of anilines is 1. The van der Waals surface area contributed by atoms with E-state index in [2.05, 4.69) is 10.3 Å². The second-order valence-corrected chi connectivity index (χ2v) is 12.6. The molecule has 43 heavy (non-hydrogen) atoms. The number of likely N-dealkylation sites (N-methyl/N-ethyl adjacent to an activating group) is 1. The molecule has 0 heterocycles. The topological polar surface area (TPSA) is 186 Å². The molecule has 1 amide bonds. The van der Waals surface area contributed by atoms with Crippen LogP contribution >= 0.6 is 0 Å². The number of hydrogen-bond acceptors (Lipinski definition) is 9. The van der Waals surface area contributed by atoms with E-state index in [0.717, 1.165) is 16.8 Å². The second-order valence-electron chi connectivity index (χ2n) is 12.6. The maximum absolute atomic E-state index is 14.0. The van der Waals surface area contributed by atoms with Crippen molar-refractivity contribution in [2.24, 2.45) is 22.6 Å². The monoisotopic (exact) mass is 588 g/mol. The van der Waals surface area contributed by atoms with Gasteiger partial charge in [-0.15, -0.1) is 0 Å². The maximum Gasteiger partial charge on any atom is 0.255 e. The number of nitrogens with two attached hydrogens (primary N) is 1. The van der Waals surface area contributed by atoms with Crippen molar-refractivity contribution in [2.45, 2.75) is 50.8 Å². The van der Waals surface area contributed by atoms with E-state index in [0.29, 0.717) is 5.56 Å². The molecule has 0 aromatic heterocycles. The number of nitrogens with one attached hydrogen (secondary N) is 1. The predicted molar refractivity (Wildman–Crippen MR) is 162 cm³/mol. The van der Waals surface area contributed by atoms with Crippen molar-refractivity contribution >= 4 is 35.3 Å². The molecular weight excluding hydrogens is 552 g/mol. The van der Waals surface area contributed by atoms with Crippen molar-refractivity contribution in [1.29, 1.82) is 0 Å². The van der Waals surface area contributed by atoms with Gasteiger partial charge in [-0.1, -0.05) is 18.2 Å². The van der Waals surface area contributed by atoms with Crippen LogP contribution in [0.4, 0.5) is 5.69 Å². The van der Waals surface area contributed by atoms with E-state index in [1.54, 1.807) is 26.5 Å². The lowest BCUT2D eigenvalue weighted by Crippen LogP contribution is -2.65. The smallest absolute Gasteiger partial charge is 0.255 e. The molecule has 3 aliphatic rings. The van der Waals surface area contributed by atoms with Crippen LogP contribution in [0.5, 0.6) is 5.75 Å². The number of carbonyl (C=O) groups excluding carboxylic acids is 3. The summed E-state index contributed by atoms with van der Waals surface area (Å²) in [6.45, 7) is 5.97.